The number of phosphoric acid groups is 1. The molecule has 2 aliphatic rings. The van der Waals surface area contributed by atoms with Gasteiger partial charge in [-0.1, -0.05) is 168 Å². The van der Waals surface area contributed by atoms with Crippen molar-refractivity contribution in [2.24, 2.45) is 0 Å². The molecule has 1 unspecified atom stereocenters. The quantitative estimate of drug-likeness (QED) is 0.0210. The summed E-state index contributed by atoms with van der Waals surface area (Å²) in [6.45, 7) is 2.66. The van der Waals surface area contributed by atoms with Crippen molar-refractivity contribution in [2.75, 3.05) is 52.7 Å². The molecule has 0 bridgehead atoms. The number of nitrogens with one attached hydrogen (secondary N) is 3. The van der Waals surface area contributed by atoms with Gasteiger partial charge in [0.05, 0.1) is 57.3 Å². The van der Waals surface area contributed by atoms with E-state index in [2.05, 4.69) is 29.8 Å². The summed E-state index contributed by atoms with van der Waals surface area (Å²) in [5.74, 6) is -12.3. The molecule has 2 rings (SSSR count). The smallest absolute Gasteiger partial charge is 0.472 e. The van der Waals surface area contributed by atoms with Crippen molar-refractivity contribution >= 4 is 43.5 Å². The van der Waals surface area contributed by atoms with Gasteiger partial charge in [-0.15, -0.1) is 0 Å². The van der Waals surface area contributed by atoms with Gasteiger partial charge in [-0.25, -0.2) is 14.2 Å². The number of carbonyl (C=O) groups excluding carboxylic acids is 4. The lowest BCUT2D eigenvalue weighted by molar-refractivity contribution is -0.345. The highest BCUT2D eigenvalue weighted by atomic mass is 31.2. The third-order valence-electron chi connectivity index (χ3n) is 16.4. The van der Waals surface area contributed by atoms with Gasteiger partial charge in [0.1, 0.15) is 43.2 Å². The van der Waals surface area contributed by atoms with Crippen LogP contribution in [0.5, 0.6) is 0 Å². The van der Waals surface area contributed by atoms with Crippen molar-refractivity contribution in [1.82, 2.24) is 16.0 Å². The Hall–Kier alpha value is -3.55. The zero-order chi connectivity index (χ0) is 68.4. The van der Waals surface area contributed by atoms with Crippen LogP contribution in [0.1, 0.15) is 233 Å². The van der Waals surface area contributed by atoms with Crippen molar-refractivity contribution in [3.63, 3.8) is 0 Å². The number of phosphoric ester groups is 1. The van der Waals surface area contributed by atoms with Crippen LogP contribution in [0.25, 0.3) is 0 Å². The Kier molecular flexibility index (Phi) is 44.3. The summed E-state index contributed by atoms with van der Waals surface area (Å²) >= 11 is 0. The number of hydrogen-bond donors (Lipinski definition) is 13. The molecule has 28 nitrogen and oxygen atoms in total. The molecule has 0 aromatic heterocycles. The summed E-state index contributed by atoms with van der Waals surface area (Å²) in [6, 6.07) is -3.26. The Morgan fingerprint density at radius 3 is 1.42 bits per heavy atom. The summed E-state index contributed by atoms with van der Waals surface area (Å²) in [4.78, 5) is 86.5. The molecule has 2 heterocycles. The largest absolute Gasteiger partial charge is 0.477 e. The number of carbonyl (C=O) groups is 6. The summed E-state index contributed by atoms with van der Waals surface area (Å²) in [6.07, 6.45) is 10.8. The van der Waals surface area contributed by atoms with Crippen molar-refractivity contribution < 1.29 is 122 Å². The Morgan fingerprint density at radius 2 is 0.978 bits per heavy atom. The third kappa shape index (κ3) is 33.9. The number of amides is 2. The molecule has 2 saturated heterocycles. The molecule has 0 aromatic carbocycles. The van der Waals surface area contributed by atoms with Crippen LogP contribution in [0, 0.1) is 0 Å². The second-order valence-corrected chi connectivity index (χ2v) is 26.0. The number of esters is 2. The SMILES string of the molecule is CCCCCCCCCCCCCCCC(=O)OC[C@H](COP(=O)(O)OCCNCCCCO[C@]1(C(=O)O)C[C@H](O)[C@@H](NC(C)=O)[C@H]([C@H](O)[C@@H](CO)O[C@]2(C(=O)O)C[C@H](O)[C@@H](NC(C)=O)[C@H]([C@H](O)[C@H](O)CO)O2)O1)OC(=O)CCCCCCCCCCCCCCC. The number of hydrogen-bond acceptors (Lipinski definition) is 23. The van der Waals surface area contributed by atoms with E-state index in [1.165, 1.54) is 109 Å². The molecule has 14 atom stereocenters. The maximum absolute atomic E-state index is 13.0. The van der Waals surface area contributed by atoms with Gasteiger partial charge < -0.3 is 95.2 Å². The van der Waals surface area contributed by atoms with E-state index >= 15 is 0 Å². The van der Waals surface area contributed by atoms with Gasteiger partial charge in [0, 0.05) is 46.1 Å². The maximum atomic E-state index is 13.0. The van der Waals surface area contributed by atoms with Gasteiger partial charge in [-0.2, -0.15) is 0 Å². The fourth-order valence-corrected chi connectivity index (χ4v) is 12.0. The molecule has 0 aromatic rings. The molecule has 0 aliphatic carbocycles. The van der Waals surface area contributed by atoms with Crippen LogP contribution in [0.3, 0.4) is 0 Å². The van der Waals surface area contributed by atoms with Crippen LogP contribution >= 0.6 is 7.82 Å². The van der Waals surface area contributed by atoms with E-state index in [4.69, 9.17) is 37.5 Å². The second kappa shape index (κ2) is 48.2. The number of aliphatic hydroxyl groups excluding tert-OH is 7. The molecule has 13 N–H and O–H groups in total. The number of aliphatic hydroxyl groups is 7. The summed E-state index contributed by atoms with van der Waals surface area (Å²) < 4.78 is 57.1. The third-order valence-corrected chi connectivity index (χ3v) is 17.4. The lowest BCUT2D eigenvalue weighted by Gasteiger charge is -2.49. The van der Waals surface area contributed by atoms with Crippen LogP contribution in [0.15, 0.2) is 0 Å². The topological polar surface area (TPSA) is 432 Å². The van der Waals surface area contributed by atoms with Gasteiger partial charge in [-0.3, -0.25) is 28.2 Å². The van der Waals surface area contributed by atoms with Gasteiger partial charge >= 0.3 is 31.7 Å². The molecule has 0 spiro atoms. The Labute approximate surface area is 543 Å². The van der Waals surface area contributed by atoms with Crippen LogP contribution in [0.2, 0.25) is 0 Å². The first-order valence-corrected chi connectivity index (χ1v) is 35.4. The molecule has 0 radical (unpaired) electrons. The lowest BCUT2D eigenvalue weighted by Crippen LogP contribution is -2.70. The molecule has 29 heteroatoms. The number of carboxylic acids is 2. The van der Waals surface area contributed by atoms with E-state index < -0.39 is 155 Å². The van der Waals surface area contributed by atoms with Crippen LogP contribution in [-0.4, -0.2) is 218 Å². The maximum Gasteiger partial charge on any atom is 0.472 e. The average Bonchev–Trinajstić information content (AvgIpc) is 0.767. The highest BCUT2D eigenvalue weighted by Crippen LogP contribution is 2.43. The molecular formula is C63H116N3O25P. The summed E-state index contributed by atoms with van der Waals surface area (Å²) in [5.41, 5.74) is 0. The van der Waals surface area contributed by atoms with Crippen LogP contribution in [-0.2, 0) is 70.8 Å². The van der Waals surface area contributed by atoms with Crippen molar-refractivity contribution in [3.05, 3.63) is 0 Å². The number of carboxylic acid groups (broad SMARTS) is 2. The normalized spacial score (nSPS) is 24.0. The van der Waals surface area contributed by atoms with Crippen molar-refractivity contribution in [1.29, 1.82) is 0 Å². The predicted molar refractivity (Wildman–Crippen MR) is 335 cm³/mol. The standard InChI is InChI=1S/C63H116N3O25P/c1-5-7-9-11-13-15-17-19-21-23-25-27-29-33-52(74)84-43-47(88-53(75)34-30-28-26-24-22-20-18-16-14-12-10-8-6-2)44-87-92(82,83)86-38-36-64-35-31-32-37-85-62(60(78)79)39-48(71)55(66-46(4)70)59(90-62)57(77)51(42-68)89-63(61(80)81)40-49(72)54(65-45(3)69)58(91-63)56(76)50(73)41-67/h47-51,54-59,64,67-68,71-73,76-77H,5-44H2,1-4H3,(H,65,69)(H,66,70)(H,78,79)(H,80,81)(H,82,83)/t47-,48+,49+,50-,51-,54-,55-,56-,57-,58-,59-,62-,63-/m1/s1. The monoisotopic (exact) mass is 1350 g/mol. The molecule has 92 heavy (non-hydrogen) atoms. The van der Waals surface area contributed by atoms with Gasteiger partial charge in [0.25, 0.3) is 11.6 Å². The molecule has 2 amide bonds. The highest BCUT2D eigenvalue weighted by molar-refractivity contribution is 7.47. The molecule has 2 fully saturated rings. The summed E-state index contributed by atoms with van der Waals surface area (Å²) in [7, 11) is -4.73. The molecule has 0 saturated carbocycles. The minimum atomic E-state index is -4.73. The van der Waals surface area contributed by atoms with Crippen LogP contribution < -0.4 is 16.0 Å². The predicted octanol–water partition coefficient (Wildman–Crippen LogP) is 5.25. The van der Waals surface area contributed by atoms with E-state index in [9.17, 15) is 84.2 Å². The van der Waals surface area contributed by atoms with Gasteiger partial charge in [-0.05, 0) is 32.2 Å². The van der Waals surface area contributed by atoms with Crippen molar-refractivity contribution in [3.8, 4) is 0 Å². The molecule has 2 aliphatic heterocycles. The summed E-state index contributed by atoms with van der Waals surface area (Å²) in [5, 5.41) is 104. The first kappa shape index (κ1) is 84.5. The molecular weight excluding hydrogens is 1230 g/mol. The van der Waals surface area contributed by atoms with E-state index in [1.54, 1.807) is 0 Å². The fourth-order valence-electron chi connectivity index (χ4n) is 11.2. The first-order valence-electron chi connectivity index (χ1n) is 33.9. The van der Waals surface area contributed by atoms with Crippen LogP contribution in [0.4, 0.5) is 0 Å². The molecule has 538 valence electrons. The Balaban J connectivity index is 1.97. The second-order valence-electron chi connectivity index (χ2n) is 24.5. The minimum absolute atomic E-state index is 0.0184. The average molecular weight is 1350 g/mol. The minimum Gasteiger partial charge on any atom is -0.477 e. The number of unbranched alkanes of at least 4 members (excludes halogenated alkanes) is 25. The van der Waals surface area contributed by atoms with E-state index in [0.717, 1.165) is 58.8 Å². The zero-order valence-electron chi connectivity index (χ0n) is 55.2. The van der Waals surface area contributed by atoms with E-state index in [1.807, 2.05) is 0 Å². The Morgan fingerprint density at radius 1 is 0.543 bits per heavy atom. The van der Waals surface area contributed by atoms with Gasteiger partial charge in [0.2, 0.25) is 11.8 Å². The number of ether oxygens (including phenoxy) is 6. The lowest BCUT2D eigenvalue weighted by atomic mass is 9.87. The Bertz CT molecular complexity index is 2100. The first-order chi connectivity index (χ1) is 43.9. The van der Waals surface area contributed by atoms with Crippen molar-refractivity contribution in [2.45, 2.75) is 312 Å². The van der Waals surface area contributed by atoms with E-state index in [0.29, 0.717) is 12.8 Å². The number of aliphatic carboxylic acids is 2. The fraction of sp³-hybridized carbons (Fsp3) is 0.905. The number of rotatable bonds is 56. The zero-order valence-corrected chi connectivity index (χ0v) is 56.1. The van der Waals surface area contributed by atoms with E-state index in [-0.39, 0.29) is 58.6 Å². The van der Waals surface area contributed by atoms with Gasteiger partial charge in [0.15, 0.2) is 6.10 Å². The highest BCUT2D eigenvalue weighted by Gasteiger charge is 2.60.